The first-order chi connectivity index (χ1) is 22.4. The molecule has 18 heteroatoms. The number of rotatable bonds is 21. The average Bonchev–Trinajstić information content (AvgIpc) is 3.00. The molecule has 0 aromatic heterocycles. The molecule has 0 aliphatic rings. The van der Waals surface area contributed by atoms with Crippen molar-refractivity contribution < 1.29 is 53.7 Å². The number of hydrogen-bond donors (Lipinski definition) is 10. The van der Waals surface area contributed by atoms with E-state index >= 15 is 0 Å². The van der Waals surface area contributed by atoms with Gasteiger partial charge in [0.2, 0.25) is 35.4 Å². The fraction of sp³-hybridized carbons (Fsp3) is 0.533. The highest BCUT2D eigenvalue weighted by molar-refractivity contribution is 5.96. The van der Waals surface area contributed by atoms with Crippen molar-refractivity contribution in [3.05, 3.63) is 35.9 Å². The van der Waals surface area contributed by atoms with E-state index in [1.165, 1.54) is 6.92 Å². The van der Waals surface area contributed by atoms with Crippen LogP contribution in [0.4, 0.5) is 0 Å². The molecule has 1 aromatic rings. The van der Waals surface area contributed by atoms with Crippen LogP contribution in [0.25, 0.3) is 0 Å². The predicted molar refractivity (Wildman–Crippen MR) is 168 cm³/mol. The number of carbonyl (C=O) groups is 8. The van der Waals surface area contributed by atoms with Crippen LogP contribution in [-0.4, -0.2) is 106 Å². The Bertz CT molecular complexity index is 1310. The molecule has 0 unspecified atom stereocenters. The zero-order valence-electron chi connectivity index (χ0n) is 26.9. The minimum Gasteiger partial charge on any atom is -0.481 e. The number of carbonyl (C=O) groups excluding carboxylic acids is 6. The predicted octanol–water partition coefficient (Wildman–Crippen LogP) is -3.14. The molecule has 0 saturated heterocycles. The molecule has 0 fully saturated rings. The van der Waals surface area contributed by atoms with Crippen LogP contribution < -0.4 is 38.1 Å². The Morgan fingerprint density at radius 2 is 1.23 bits per heavy atom. The molecule has 0 heterocycles. The van der Waals surface area contributed by atoms with Crippen molar-refractivity contribution >= 4 is 47.4 Å². The summed E-state index contributed by atoms with van der Waals surface area (Å²) in [7, 11) is 0. The van der Waals surface area contributed by atoms with Gasteiger partial charge in [-0.05, 0) is 31.2 Å². The normalized spacial score (nSPS) is 14.6. The van der Waals surface area contributed by atoms with Crippen molar-refractivity contribution in [3.8, 4) is 0 Å². The summed E-state index contributed by atoms with van der Waals surface area (Å²) in [5.74, 6) is -8.27. The van der Waals surface area contributed by atoms with Gasteiger partial charge in [-0.1, -0.05) is 44.2 Å². The van der Waals surface area contributed by atoms with Crippen LogP contribution >= 0.6 is 0 Å². The van der Waals surface area contributed by atoms with Crippen LogP contribution in [-0.2, 0) is 44.8 Å². The summed E-state index contributed by atoms with van der Waals surface area (Å²) >= 11 is 0. The molecule has 0 aliphatic carbocycles. The highest BCUT2D eigenvalue weighted by atomic mass is 16.4. The molecule has 0 aliphatic heterocycles. The molecule has 1 rings (SSSR count). The van der Waals surface area contributed by atoms with Gasteiger partial charge >= 0.3 is 11.9 Å². The molecule has 48 heavy (non-hydrogen) atoms. The van der Waals surface area contributed by atoms with Crippen molar-refractivity contribution in [2.75, 3.05) is 6.61 Å². The maximum Gasteiger partial charge on any atom is 0.326 e. The lowest BCUT2D eigenvalue weighted by atomic mass is 10.0. The summed E-state index contributed by atoms with van der Waals surface area (Å²) in [6.07, 6.45) is -1.38. The summed E-state index contributed by atoms with van der Waals surface area (Å²) < 4.78 is 0. The number of nitrogens with one attached hydrogen (secondary N) is 5. The van der Waals surface area contributed by atoms with E-state index in [1.54, 1.807) is 44.2 Å². The number of aliphatic hydroxyl groups excluding tert-OH is 1. The molecule has 266 valence electrons. The zero-order valence-corrected chi connectivity index (χ0v) is 26.9. The first-order valence-electron chi connectivity index (χ1n) is 15.1. The molecular weight excluding hydrogens is 634 g/mol. The Hall–Kier alpha value is -5.10. The second kappa shape index (κ2) is 20.2. The second-order valence-electron chi connectivity index (χ2n) is 11.5. The Labute approximate surface area is 276 Å². The van der Waals surface area contributed by atoms with Crippen LogP contribution in [0, 0.1) is 5.92 Å². The van der Waals surface area contributed by atoms with Crippen LogP contribution in [0.1, 0.15) is 52.0 Å². The Morgan fingerprint density at radius 1 is 0.708 bits per heavy atom. The lowest BCUT2D eigenvalue weighted by Crippen LogP contribution is -2.59. The second-order valence-corrected chi connectivity index (χ2v) is 11.5. The van der Waals surface area contributed by atoms with Gasteiger partial charge in [0.25, 0.3) is 0 Å². The van der Waals surface area contributed by atoms with Gasteiger partial charge in [-0.15, -0.1) is 0 Å². The minimum absolute atomic E-state index is 0.0169. The summed E-state index contributed by atoms with van der Waals surface area (Å²) in [4.78, 5) is 98.4. The number of primary amides is 1. The summed E-state index contributed by atoms with van der Waals surface area (Å²) in [5, 5.41) is 39.9. The van der Waals surface area contributed by atoms with E-state index < -0.39 is 96.7 Å². The molecule has 1 aromatic carbocycles. The Kier molecular flexibility index (Phi) is 17.2. The van der Waals surface area contributed by atoms with Crippen LogP contribution in [0.2, 0.25) is 0 Å². The number of aliphatic hydroxyl groups is 1. The van der Waals surface area contributed by atoms with E-state index in [0.717, 1.165) is 0 Å². The molecule has 0 bridgehead atoms. The van der Waals surface area contributed by atoms with Crippen molar-refractivity contribution in [1.82, 2.24) is 26.6 Å². The first-order valence-corrected chi connectivity index (χ1v) is 15.1. The van der Waals surface area contributed by atoms with E-state index in [9.17, 15) is 48.6 Å². The molecule has 0 radical (unpaired) electrons. The van der Waals surface area contributed by atoms with Gasteiger partial charge < -0.3 is 53.4 Å². The van der Waals surface area contributed by atoms with Gasteiger partial charge in [0.1, 0.15) is 30.2 Å². The van der Waals surface area contributed by atoms with Gasteiger partial charge in [0, 0.05) is 12.8 Å². The van der Waals surface area contributed by atoms with Crippen molar-refractivity contribution in [2.45, 2.75) is 89.1 Å². The van der Waals surface area contributed by atoms with E-state index in [2.05, 4.69) is 26.6 Å². The van der Waals surface area contributed by atoms with E-state index in [-0.39, 0.29) is 31.6 Å². The molecule has 12 N–H and O–H groups in total. The third-order valence-corrected chi connectivity index (χ3v) is 6.85. The highest BCUT2D eigenvalue weighted by Gasteiger charge is 2.32. The van der Waals surface area contributed by atoms with Gasteiger partial charge in [-0.2, -0.15) is 0 Å². The fourth-order valence-corrected chi connectivity index (χ4v) is 4.28. The monoisotopic (exact) mass is 679 g/mol. The molecule has 18 nitrogen and oxygen atoms in total. The van der Waals surface area contributed by atoms with Gasteiger partial charge in [-0.25, -0.2) is 4.79 Å². The average molecular weight is 680 g/mol. The quantitative estimate of drug-likeness (QED) is 0.0617. The van der Waals surface area contributed by atoms with Crippen LogP contribution in [0.3, 0.4) is 0 Å². The standard InChI is InChI=1S/C30H45N7O11/c1-15(2)11-21(30(47)48)36-28(45)20(12-17-7-5-4-6-8-17)35-25(42)16(3)33-29(46)22(14-38)37-27(44)19(9-10-23(32)39)34-26(43)18(31)13-24(40)41/h4-8,15-16,18-22,38H,9-14,31H2,1-3H3,(H2,32,39)(H,33,46)(H,34,43)(H,35,42)(H,36,45)(H,37,44)(H,40,41)(H,47,48)/t16-,18-,19-,20-,21-,22-/m0/s1. The Balaban J connectivity index is 3.03. The number of aliphatic carboxylic acids is 2. The lowest BCUT2D eigenvalue weighted by Gasteiger charge is -2.25. The van der Waals surface area contributed by atoms with Gasteiger partial charge in [-0.3, -0.25) is 33.6 Å². The number of carboxylic acids is 2. The fourth-order valence-electron chi connectivity index (χ4n) is 4.28. The summed E-state index contributed by atoms with van der Waals surface area (Å²) in [6, 6.07) is 0.0708. The number of hydrogen-bond acceptors (Lipinski definition) is 10. The van der Waals surface area contributed by atoms with E-state index in [4.69, 9.17) is 16.6 Å². The molecular formula is C30H45N7O11. The van der Waals surface area contributed by atoms with Crippen molar-refractivity contribution in [2.24, 2.45) is 17.4 Å². The number of carboxylic acid groups (broad SMARTS) is 2. The largest absolute Gasteiger partial charge is 0.481 e. The third-order valence-electron chi connectivity index (χ3n) is 6.85. The highest BCUT2D eigenvalue weighted by Crippen LogP contribution is 2.08. The summed E-state index contributed by atoms with van der Waals surface area (Å²) in [6.45, 7) is 3.87. The Morgan fingerprint density at radius 3 is 1.75 bits per heavy atom. The lowest BCUT2D eigenvalue weighted by molar-refractivity contribution is -0.142. The van der Waals surface area contributed by atoms with Crippen molar-refractivity contribution in [1.29, 1.82) is 0 Å². The van der Waals surface area contributed by atoms with Gasteiger partial charge in [0.05, 0.1) is 19.1 Å². The number of nitrogens with two attached hydrogens (primary N) is 2. The number of amides is 6. The maximum atomic E-state index is 13.2. The van der Waals surface area contributed by atoms with E-state index in [1.807, 2.05) is 0 Å². The van der Waals surface area contributed by atoms with Gasteiger partial charge in [0.15, 0.2) is 0 Å². The van der Waals surface area contributed by atoms with E-state index in [0.29, 0.717) is 5.56 Å². The molecule has 6 amide bonds. The molecule has 6 atom stereocenters. The van der Waals surface area contributed by atoms with Crippen LogP contribution in [0.5, 0.6) is 0 Å². The van der Waals surface area contributed by atoms with Crippen LogP contribution in [0.15, 0.2) is 30.3 Å². The van der Waals surface area contributed by atoms with Crippen molar-refractivity contribution in [3.63, 3.8) is 0 Å². The first kappa shape index (κ1) is 40.9. The summed E-state index contributed by atoms with van der Waals surface area (Å²) in [5.41, 5.74) is 11.3. The smallest absolute Gasteiger partial charge is 0.326 e. The zero-order chi connectivity index (χ0) is 36.6. The molecule has 0 spiro atoms. The maximum absolute atomic E-state index is 13.2. The topological polar surface area (TPSA) is 309 Å². The third kappa shape index (κ3) is 15.0. The minimum atomic E-state index is -1.66. The SMILES string of the molecule is CC(C)C[C@H](NC(=O)[C@H](Cc1ccccc1)NC(=O)[C@H](C)NC(=O)[C@H](CO)NC(=O)[C@H](CCC(N)=O)NC(=O)[C@@H](N)CC(=O)O)C(=O)O. The number of benzene rings is 1. The molecule has 0 saturated carbocycles.